The molecule has 0 spiro atoms. The van der Waals surface area contributed by atoms with Crippen LogP contribution < -0.4 is 5.32 Å². The minimum Gasteiger partial charge on any atom is -0.358 e. The number of H-pyrrole nitrogens is 1. The van der Waals surface area contributed by atoms with Crippen molar-refractivity contribution in [2.75, 3.05) is 19.4 Å². The number of hydrogen-bond acceptors (Lipinski definition) is 2. The van der Waals surface area contributed by atoms with Gasteiger partial charge in [0, 0.05) is 34.2 Å². The predicted octanol–water partition coefficient (Wildman–Crippen LogP) is 4.68. The first-order valence-electron chi connectivity index (χ1n) is 9.72. The van der Waals surface area contributed by atoms with E-state index in [4.69, 9.17) is 0 Å². The molecule has 1 amide bonds. The van der Waals surface area contributed by atoms with Crippen molar-refractivity contribution in [1.29, 1.82) is 0 Å². The number of aromatic nitrogens is 1. The van der Waals surface area contributed by atoms with Crippen molar-refractivity contribution >= 4 is 39.5 Å². The molecule has 0 radical (unpaired) electrons. The summed E-state index contributed by atoms with van der Waals surface area (Å²) in [5.41, 5.74) is 4.95. The molecule has 1 unspecified atom stereocenters. The van der Waals surface area contributed by atoms with Crippen LogP contribution in [0.3, 0.4) is 0 Å². The number of carbonyl (C=O) groups is 1. The standard InChI is InChI=1S/C21H29N3O.BrH/c1-24(2)16-9-11-20-18(13-16)17-12-15(8-10-19(17)23-20)22-21(25)14-6-4-3-5-7-14;/h8,10,12,14,16,23H,3-7,9,11,13H2,1-2H3,(H,22,25);1H. The molecule has 26 heavy (non-hydrogen) atoms. The van der Waals surface area contributed by atoms with E-state index in [1.165, 1.54) is 47.8 Å². The molecule has 0 saturated heterocycles. The van der Waals surface area contributed by atoms with Crippen LogP contribution >= 0.6 is 17.0 Å². The zero-order valence-electron chi connectivity index (χ0n) is 15.8. The van der Waals surface area contributed by atoms with Gasteiger partial charge < -0.3 is 15.2 Å². The van der Waals surface area contributed by atoms with E-state index in [0.29, 0.717) is 6.04 Å². The molecule has 1 fully saturated rings. The highest BCUT2D eigenvalue weighted by atomic mass is 79.9. The number of likely N-dealkylation sites (N-methyl/N-ethyl adjacent to an activating group) is 1. The fraction of sp³-hybridized carbons (Fsp3) is 0.571. The van der Waals surface area contributed by atoms with Crippen LogP contribution in [-0.4, -0.2) is 35.9 Å². The van der Waals surface area contributed by atoms with Crippen molar-refractivity contribution in [3.63, 3.8) is 0 Å². The van der Waals surface area contributed by atoms with Gasteiger partial charge in [0.25, 0.3) is 0 Å². The van der Waals surface area contributed by atoms with Crippen molar-refractivity contribution in [3.05, 3.63) is 29.5 Å². The van der Waals surface area contributed by atoms with E-state index in [2.05, 4.69) is 41.4 Å². The Morgan fingerprint density at radius 2 is 1.92 bits per heavy atom. The lowest BCUT2D eigenvalue weighted by atomic mass is 9.88. The van der Waals surface area contributed by atoms with Gasteiger partial charge in [-0.1, -0.05) is 19.3 Å². The summed E-state index contributed by atoms with van der Waals surface area (Å²) in [6.07, 6.45) is 9.13. The van der Waals surface area contributed by atoms with Crippen LogP contribution in [0.15, 0.2) is 18.2 Å². The van der Waals surface area contributed by atoms with Gasteiger partial charge in [-0.2, -0.15) is 0 Å². The lowest BCUT2D eigenvalue weighted by Crippen LogP contribution is -2.33. The third-order valence-electron chi connectivity index (χ3n) is 6.14. The van der Waals surface area contributed by atoms with E-state index in [-0.39, 0.29) is 28.8 Å². The Bertz CT molecular complexity index is 777. The van der Waals surface area contributed by atoms with Gasteiger partial charge in [0.1, 0.15) is 0 Å². The molecule has 1 aromatic heterocycles. The number of halogens is 1. The number of nitrogens with one attached hydrogen (secondary N) is 2. The summed E-state index contributed by atoms with van der Waals surface area (Å²) in [5.74, 6) is 0.400. The highest BCUT2D eigenvalue weighted by molar-refractivity contribution is 8.93. The molecule has 2 N–H and O–H groups in total. The summed E-state index contributed by atoms with van der Waals surface area (Å²) in [5, 5.41) is 4.45. The summed E-state index contributed by atoms with van der Waals surface area (Å²) in [6.45, 7) is 0. The number of anilines is 1. The van der Waals surface area contributed by atoms with Crippen molar-refractivity contribution in [2.24, 2.45) is 5.92 Å². The second-order valence-corrected chi connectivity index (χ2v) is 8.03. The SMILES string of the molecule is Br.CN(C)C1CCc2[nH]c3ccc(NC(=O)C4CCCCC4)cc3c2C1. The summed E-state index contributed by atoms with van der Waals surface area (Å²) in [7, 11) is 4.33. The smallest absolute Gasteiger partial charge is 0.227 e. The maximum atomic E-state index is 12.5. The van der Waals surface area contributed by atoms with Crippen LogP contribution in [0.2, 0.25) is 0 Å². The van der Waals surface area contributed by atoms with Crippen LogP contribution in [0.4, 0.5) is 5.69 Å². The summed E-state index contributed by atoms with van der Waals surface area (Å²) in [4.78, 5) is 18.5. The van der Waals surface area contributed by atoms with Gasteiger partial charge in [-0.25, -0.2) is 0 Å². The third-order valence-corrected chi connectivity index (χ3v) is 6.14. The number of fused-ring (bicyclic) bond motifs is 3. The van der Waals surface area contributed by atoms with Gasteiger partial charge in [0.05, 0.1) is 0 Å². The fourth-order valence-corrected chi connectivity index (χ4v) is 4.53. The molecular formula is C21H30BrN3O. The van der Waals surface area contributed by atoms with Crippen molar-refractivity contribution in [3.8, 4) is 0 Å². The summed E-state index contributed by atoms with van der Waals surface area (Å²) >= 11 is 0. The lowest BCUT2D eigenvalue weighted by molar-refractivity contribution is -0.120. The number of carbonyl (C=O) groups excluding carboxylic acids is 1. The van der Waals surface area contributed by atoms with Crippen LogP contribution in [0.5, 0.6) is 0 Å². The Morgan fingerprint density at radius 3 is 2.65 bits per heavy atom. The molecule has 1 atom stereocenters. The highest BCUT2D eigenvalue weighted by Crippen LogP contribution is 2.32. The van der Waals surface area contributed by atoms with E-state index >= 15 is 0 Å². The molecule has 5 heteroatoms. The number of hydrogen-bond donors (Lipinski definition) is 2. The van der Waals surface area contributed by atoms with E-state index in [9.17, 15) is 4.79 Å². The monoisotopic (exact) mass is 419 g/mol. The first-order valence-corrected chi connectivity index (χ1v) is 9.72. The van der Waals surface area contributed by atoms with Gasteiger partial charge >= 0.3 is 0 Å². The van der Waals surface area contributed by atoms with Gasteiger partial charge in [-0.05, 0) is 70.0 Å². The second-order valence-electron chi connectivity index (χ2n) is 8.03. The predicted molar refractivity (Wildman–Crippen MR) is 113 cm³/mol. The molecule has 4 nitrogen and oxygen atoms in total. The average Bonchev–Trinajstić information content (AvgIpc) is 2.99. The average molecular weight is 420 g/mol. The quantitative estimate of drug-likeness (QED) is 0.757. The molecule has 1 saturated carbocycles. The molecule has 1 aromatic carbocycles. The summed E-state index contributed by atoms with van der Waals surface area (Å²) in [6, 6.07) is 6.93. The minimum absolute atomic E-state index is 0. The van der Waals surface area contributed by atoms with Crippen LogP contribution in [0, 0.1) is 5.92 Å². The fourth-order valence-electron chi connectivity index (χ4n) is 4.53. The maximum Gasteiger partial charge on any atom is 0.227 e. The molecule has 2 aliphatic rings. The first-order chi connectivity index (χ1) is 12.1. The largest absolute Gasteiger partial charge is 0.358 e. The topological polar surface area (TPSA) is 48.1 Å². The lowest BCUT2D eigenvalue weighted by Gasteiger charge is -2.28. The number of aromatic amines is 1. The molecule has 0 aliphatic heterocycles. The van der Waals surface area contributed by atoms with Crippen molar-refractivity contribution in [1.82, 2.24) is 9.88 Å². The highest BCUT2D eigenvalue weighted by Gasteiger charge is 2.24. The van der Waals surface area contributed by atoms with E-state index < -0.39 is 0 Å². The van der Waals surface area contributed by atoms with Crippen LogP contribution in [0.25, 0.3) is 10.9 Å². The van der Waals surface area contributed by atoms with Gasteiger partial charge in [0.2, 0.25) is 5.91 Å². The summed E-state index contributed by atoms with van der Waals surface area (Å²) < 4.78 is 0. The molecule has 1 heterocycles. The molecule has 2 aromatic rings. The van der Waals surface area contributed by atoms with Crippen molar-refractivity contribution in [2.45, 2.75) is 57.4 Å². The molecule has 0 bridgehead atoms. The number of aryl methyl sites for hydroxylation is 1. The Kier molecular flexibility index (Phi) is 6.08. The van der Waals surface area contributed by atoms with Crippen molar-refractivity contribution < 1.29 is 4.79 Å². The van der Waals surface area contributed by atoms with E-state index in [1.807, 2.05) is 6.07 Å². The van der Waals surface area contributed by atoms with E-state index in [1.54, 1.807) is 0 Å². The third kappa shape index (κ3) is 3.84. The Labute approximate surface area is 166 Å². The zero-order valence-corrected chi connectivity index (χ0v) is 17.5. The zero-order chi connectivity index (χ0) is 17.4. The van der Waals surface area contributed by atoms with Crippen LogP contribution in [-0.2, 0) is 17.6 Å². The van der Waals surface area contributed by atoms with Gasteiger partial charge in [-0.3, -0.25) is 4.79 Å². The normalized spacial score (nSPS) is 20.7. The number of nitrogens with zero attached hydrogens (tertiary/aromatic N) is 1. The molecular weight excluding hydrogens is 390 g/mol. The maximum absolute atomic E-state index is 12.5. The van der Waals surface area contributed by atoms with Gasteiger partial charge in [0.15, 0.2) is 0 Å². The van der Waals surface area contributed by atoms with Crippen LogP contribution in [0.1, 0.15) is 49.8 Å². The number of amides is 1. The molecule has 2 aliphatic carbocycles. The number of benzene rings is 1. The minimum atomic E-state index is 0. The second kappa shape index (κ2) is 8.13. The Balaban J connectivity index is 0.00000196. The molecule has 4 rings (SSSR count). The van der Waals surface area contributed by atoms with E-state index in [0.717, 1.165) is 31.4 Å². The Hall–Kier alpha value is -1.33. The first kappa shape index (κ1) is 19.4. The molecule has 142 valence electrons. The number of rotatable bonds is 3. The Morgan fingerprint density at radius 1 is 1.15 bits per heavy atom. The van der Waals surface area contributed by atoms with Gasteiger partial charge in [-0.15, -0.1) is 17.0 Å².